The standard InChI is InChI=1S/C18H20N2O3S.ClH/c1-11-3-4-13(7-12(11)2)24-6-5-18(21)20-15-9-17-16(8-14(15)19)22-10-23-17;/h3-4,7-9H,5-6,10,19H2,1-2H3,(H,20,21);1H. The Labute approximate surface area is 157 Å². The first-order valence-corrected chi connectivity index (χ1v) is 8.70. The number of amides is 1. The van der Waals surface area contributed by atoms with E-state index >= 15 is 0 Å². The fourth-order valence-electron chi connectivity index (χ4n) is 2.34. The predicted octanol–water partition coefficient (Wildman–Crippen LogP) is 4.16. The molecule has 5 nitrogen and oxygen atoms in total. The van der Waals surface area contributed by atoms with Crippen molar-refractivity contribution >= 4 is 41.5 Å². The summed E-state index contributed by atoms with van der Waals surface area (Å²) < 4.78 is 10.6. The SMILES string of the molecule is Cc1ccc(SCCC(=O)Nc2cc3c(cc2N)OCO3)cc1C.Cl. The van der Waals surface area contributed by atoms with Crippen LogP contribution < -0.4 is 20.5 Å². The first-order valence-electron chi connectivity index (χ1n) is 7.72. The molecule has 7 heteroatoms. The molecule has 25 heavy (non-hydrogen) atoms. The minimum atomic E-state index is -0.0723. The maximum absolute atomic E-state index is 12.1. The molecule has 3 rings (SSSR count). The van der Waals surface area contributed by atoms with Crippen LogP contribution in [0.3, 0.4) is 0 Å². The maximum Gasteiger partial charge on any atom is 0.231 e. The number of halogens is 1. The molecule has 0 aliphatic carbocycles. The van der Waals surface area contributed by atoms with E-state index in [1.165, 1.54) is 16.0 Å². The second kappa shape index (κ2) is 8.36. The second-order valence-corrected chi connectivity index (χ2v) is 6.85. The number of thioether (sulfide) groups is 1. The van der Waals surface area contributed by atoms with E-state index in [0.717, 1.165) is 0 Å². The smallest absolute Gasteiger partial charge is 0.231 e. The van der Waals surface area contributed by atoms with E-state index in [-0.39, 0.29) is 25.1 Å². The molecule has 3 N–H and O–H groups in total. The maximum atomic E-state index is 12.1. The summed E-state index contributed by atoms with van der Waals surface area (Å²) in [6, 6.07) is 9.70. The van der Waals surface area contributed by atoms with Gasteiger partial charge in [0.2, 0.25) is 12.7 Å². The van der Waals surface area contributed by atoms with E-state index in [4.69, 9.17) is 15.2 Å². The molecule has 0 bridgehead atoms. The summed E-state index contributed by atoms with van der Waals surface area (Å²) in [5, 5.41) is 2.83. The Hall–Kier alpha value is -2.05. The molecule has 0 saturated carbocycles. The lowest BCUT2D eigenvalue weighted by Gasteiger charge is -2.09. The second-order valence-electron chi connectivity index (χ2n) is 5.69. The van der Waals surface area contributed by atoms with Gasteiger partial charge < -0.3 is 20.5 Å². The topological polar surface area (TPSA) is 73.6 Å². The average Bonchev–Trinajstić information content (AvgIpc) is 2.98. The summed E-state index contributed by atoms with van der Waals surface area (Å²) in [5.74, 6) is 1.84. The van der Waals surface area contributed by atoms with Crippen LogP contribution in [0.1, 0.15) is 17.5 Å². The lowest BCUT2D eigenvalue weighted by atomic mass is 10.1. The van der Waals surface area contributed by atoms with Gasteiger partial charge in [-0.2, -0.15) is 0 Å². The average molecular weight is 381 g/mol. The normalized spacial score (nSPS) is 11.8. The number of fused-ring (bicyclic) bond motifs is 1. The fourth-order valence-corrected chi connectivity index (χ4v) is 3.29. The summed E-state index contributed by atoms with van der Waals surface area (Å²) in [4.78, 5) is 13.3. The third kappa shape index (κ3) is 4.74. The van der Waals surface area contributed by atoms with Crippen LogP contribution in [0.15, 0.2) is 35.2 Å². The quantitative estimate of drug-likeness (QED) is 0.602. The zero-order chi connectivity index (χ0) is 17.1. The number of anilines is 2. The Balaban J connectivity index is 0.00000225. The van der Waals surface area contributed by atoms with Crippen molar-refractivity contribution in [1.29, 1.82) is 0 Å². The summed E-state index contributed by atoms with van der Waals surface area (Å²) in [6.07, 6.45) is 0.408. The van der Waals surface area contributed by atoms with Crippen molar-refractivity contribution in [1.82, 2.24) is 0 Å². The summed E-state index contributed by atoms with van der Waals surface area (Å²) in [6.45, 7) is 4.36. The van der Waals surface area contributed by atoms with Crippen molar-refractivity contribution in [3.05, 3.63) is 41.5 Å². The van der Waals surface area contributed by atoms with E-state index in [1.54, 1.807) is 23.9 Å². The Morgan fingerprint density at radius 3 is 2.60 bits per heavy atom. The number of carbonyl (C=O) groups is 1. The molecule has 0 unspecified atom stereocenters. The number of rotatable bonds is 5. The number of ether oxygens (including phenoxy) is 2. The van der Waals surface area contributed by atoms with Gasteiger partial charge in [0.1, 0.15) is 0 Å². The van der Waals surface area contributed by atoms with Crippen LogP contribution in [-0.2, 0) is 4.79 Å². The molecule has 1 amide bonds. The lowest BCUT2D eigenvalue weighted by Crippen LogP contribution is -2.13. The monoisotopic (exact) mass is 380 g/mol. The zero-order valence-electron chi connectivity index (χ0n) is 14.1. The van der Waals surface area contributed by atoms with E-state index in [0.29, 0.717) is 35.0 Å². The lowest BCUT2D eigenvalue weighted by molar-refractivity contribution is -0.115. The van der Waals surface area contributed by atoms with Crippen molar-refractivity contribution in [3.63, 3.8) is 0 Å². The number of hydrogen-bond acceptors (Lipinski definition) is 5. The Morgan fingerprint density at radius 2 is 1.88 bits per heavy atom. The zero-order valence-corrected chi connectivity index (χ0v) is 15.8. The molecule has 1 aliphatic heterocycles. The Kier molecular flexibility index (Phi) is 6.45. The van der Waals surface area contributed by atoms with Crippen molar-refractivity contribution in [2.45, 2.75) is 25.2 Å². The molecule has 1 aliphatic rings. The number of carbonyl (C=O) groups excluding carboxylic acids is 1. The minimum Gasteiger partial charge on any atom is -0.454 e. The van der Waals surface area contributed by atoms with E-state index in [9.17, 15) is 4.79 Å². The van der Waals surface area contributed by atoms with Gasteiger partial charge in [0.15, 0.2) is 11.5 Å². The van der Waals surface area contributed by atoms with Gasteiger partial charge in [-0.15, -0.1) is 24.2 Å². The van der Waals surface area contributed by atoms with Gasteiger partial charge in [0.05, 0.1) is 11.4 Å². The molecule has 0 radical (unpaired) electrons. The van der Waals surface area contributed by atoms with Crippen molar-refractivity contribution in [2.24, 2.45) is 0 Å². The largest absolute Gasteiger partial charge is 0.454 e. The summed E-state index contributed by atoms with van der Waals surface area (Å²) >= 11 is 1.67. The van der Waals surface area contributed by atoms with Crippen LogP contribution in [0.25, 0.3) is 0 Å². The summed E-state index contributed by atoms with van der Waals surface area (Å²) in [7, 11) is 0. The van der Waals surface area contributed by atoms with Gasteiger partial charge in [-0.05, 0) is 37.1 Å². The van der Waals surface area contributed by atoms with Crippen LogP contribution in [0.5, 0.6) is 11.5 Å². The van der Waals surface area contributed by atoms with Gasteiger partial charge in [-0.1, -0.05) is 6.07 Å². The van der Waals surface area contributed by atoms with Gasteiger partial charge in [0.25, 0.3) is 0 Å². The van der Waals surface area contributed by atoms with E-state index < -0.39 is 0 Å². The van der Waals surface area contributed by atoms with Crippen LogP contribution in [0.4, 0.5) is 11.4 Å². The molecule has 0 spiro atoms. The highest BCUT2D eigenvalue weighted by molar-refractivity contribution is 7.99. The van der Waals surface area contributed by atoms with Crippen LogP contribution in [0, 0.1) is 13.8 Å². The predicted molar refractivity (Wildman–Crippen MR) is 104 cm³/mol. The molecule has 0 saturated heterocycles. The van der Waals surface area contributed by atoms with Crippen LogP contribution >= 0.6 is 24.2 Å². The van der Waals surface area contributed by atoms with E-state index in [1.807, 2.05) is 0 Å². The number of nitrogen functional groups attached to an aromatic ring is 1. The highest BCUT2D eigenvalue weighted by Crippen LogP contribution is 2.38. The highest BCUT2D eigenvalue weighted by atomic mass is 35.5. The third-order valence-electron chi connectivity index (χ3n) is 3.90. The Bertz CT molecular complexity index is 783. The number of aryl methyl sites for hydroxylation is 2. The van der Waals surface area contributed by atoms with Crippen LogP contribution in [-0.4, -0.2) is 18.5 Å². The minimum absolute atomic E-state index is 0. The van der Waals surface area contributed by atoms with Gasteiger partial charge >= 0.3 is 0 Å². The number of hydrogen-bond donors (Lipinski definition) is 2. The van der Waals surface area contributed by atoms with Crippen LogP contribution in [0.2, 0.25) is 0 Å². The van der Waals surface area contributed by atoms with Crippen molar-refractivity contribution in [2.75, 3.05) is 23.6 Å². The highest BCUT2D eigenvalue weighted by Gasteiger charge is 2.17. The van der Waals surface area contributed by atoms with Crippen molar-refractivity contribution < 1.29 is 14.3 Å². The number of nitrogens with one attached hydrogen (secondary N) is 1. The molecular weight excluding hydrogens is 360 g/mol. The van der Waals surface area contributed by atoms with Gasteiger partial charge in [-0.25, -0.2) is 0 Å². The molecule has 2 aromatic carbocycles. The fraction of sp³-hybridized carbons (Fsp3) is 0.278. The first-order chi connectivity index (χ1) is 11.5. The molecule has 0 aromatic heterocycles. The van der Waals surface area contributed by atoms with Gasteiger partial charge in [-0.3, -0.25) is 4.79 Å². The number of benzene rings is 2. The third-order valence-corrected chi connectivity index (χ3v) is 4.89. The Morgan fingerprint density at radius 1 is 1.16 bits per heavy atom. The van der Waals surface area contributed by atoms with E-state index in [2.05, 4.69) is 37.4 Å². The number of nitrogens with two attached hydrogens (primary N) is 1. The molecule has 0 atom stereocenters. The summed E-state index contributed by atoms with van der Waals surface area (Å²) in [5.41, 5.74) is 9.50. The molecule has 0 fully saturated rings. The first kappa shape index (κ1) is 19.3. The molecular formula is C18H21ClN2O3S. The van der Waals surface area contributed by atoms with Crippen molar-refractivity contribution in [3.8, 4) is 11.5 Å². The molecule has 2 aromatic rings. The molecule has 1 heterocycles. The van der Waals surface area contributed by atoms with Gasteiger partial charge in [0, 0.05) is 29.2 Å². The molecule has 134 valence electrons.